The molecular formula is C22H21ClN6O2. The summed E-state index contributed by atoms with van der Waals surface area (Å²) in [6.07, 6.45) is 1.77. The van der Waals surface area contributed by atoms with E-state index in [1.807, 2.05) is 6.92 Å². The zero-order chi connectivity index (χ0) is 27.1. The second-order valence-corrected chi connectivity index (χ2v) is 6.94. The molecule has 8 nitrogen and oxygen atoms in total. The number of imidazole rings is 1. The second kappa shape index (κ2) is 9.09. The van der Waals surface area contributed by atoms with E-state index in [4.69, 9.17) is 19.8 Å². The molecule has 0 aliphatic carbocycles. The normalized spacial score (nSPS) is 14.3. The summed E-state index contributed by atoms with van der Waals surface area (Å²) in [4.78, 5) is 16.0. The number of carboxylic acid groups (broad SMARTS) is 1. The first-order chi connectivity index (χ1) is 17.5. The highest BCUT2D eigenvalue weighted by Crippen LogP contribution is 2.30. The zero-order valence-corrected chi connectivity index (χ0v) is 17.2. The number of carbonyl (C=O) groups is 1. The van der Waals surface area contributed by atoms with Gasteiger partial charge in [0.25, 0.3) is 0 Å². The summed E-state index contributed by atoms with van der Waals surface area (Å²) >= 11 is 6.08. The molecule has 2 aromatic carbocycles. The molecule has 0 spiro atoms. The molecule has 0 unspecified atom stereocenters. The van der Waals surface area contributed by atoms with E-state index in [-0.39, 0.29) is 45.6 Å². The molecule has 0 fully saturated rings. The van der Waals surface area contributed by atoms with Crippen molar-refractivity contribution in [2.75, 3.05) is 0 Å². The van der Waals surface area contributed by atoms with Gasteiger partial charge in [0.05, 0.1) is 8.22 Å². The molecule has 0 amide bonds. The van der Waals surface area contributed by atoms with Gasteiger partial charge in [-0.2, -0.15) is 5.21 Å². The molecule has 0 radical (unpaired) electrons. The number of H-pyrrole nitrogens is 1. The van der Waals surface area contributed by atoms with Gasteiger partial charge in [0.15, 0.2) is 10.8 Å². The number of tetrazole rings is 1. The van der Waals surface area contributed by atoms with E-state index in [1.165, 1.54) is 24.3 Å². The molecule has 0 aliphatic rings. The van der Waals surface area contributed by atoms with Crippen LogP contribution in [0.1, 0.15) is 49.9 Å². The summed E-state index contributed by atoms with van der Waals surface area (Å²) < 4.78 is 51.5. The van der Waals surface area contributed by atoms with Gasteiger partial charge in [0, 0.05) is 18.5 Å². The number of halogens is 1. The van der Waals surface area contributed by atoms with Gasteiger partial charge in [-0.15, -0.1) is 10.2 Å². The Balaban J connectivity index is 1.86. The lowest BCUT2D eigenvalue weighted by Gasteiger charge is -2.12. The third-order valence-corrected chi connectivity index (χ3v) is 4.80. The van der Waals surface area contributed by atoms with Crippen molar-refractivity contribution in [3.8, 4) is 22.5 Å². The Morgan fingerprint density at radius 1 is 1.26 bits per heavy atom. The molecule has 158 valence electrons. The van der Waals surface area contributed by atoms with Crippen LogP contribution in [-0.4, -0.2) is 41.3 Å². The van der Waals surface area contributed by atoms with Gasteiger partial charge in [-0.05, 0) is 28.3 Å². The maximum atomic E-state index is 11.9. The predicted molar refractivity (Wildman–Crippen MR) is 117 cm³/mol. The number of hydrogen-bond donors (Lipinski definition) is 2. The van der Waals surface area contributed by atoms with Crippen LogP contribution >= 0.6 is 11.6 Å². The molecule has 2 heterocycles. The van der Waals surface area contributed by atoms with E-state index in [1.54, 1.807) is 0 Å². The maximum Gasteiger partial charge on any atom is 0.355 e. The van der Waals surface area contributed by atoms with Crippen LogP contribution in [0.25, 0.3) is 22.5 Å². The van der Waals surface area contributed by atoms with Crippen molar-refractivity contribution in [2.24, 2.45) is 0 Å². The quantitative estimate of drug-likeness (QED) is 0.416. The number of aryl methyl sites for hydroxylation is 1. The number of carboxylic acids is 1. The summed E-state index contributed by atoms with van der Waals surface area (Å²) in [5.41, 5.74) is 0.123. The van der Waals surface area contributed by atoms with Gasteiger partial charge in [-0.1, -0.05) is 73.4 Å². The van der Waals surface area contributed by atoms with Crippen LogP contribution in [-0.2, 0) is 12.9 Å². The fourth-order valence-electron chi connectivity index (χ4n) is 3.05. The topological polar surface area (TPSA) is 110 Å². The van der Waals surface area contributed by atoms with E-state index >= 15 is 0 Å². The Labute approximate surface area is 192 Å². The number of unbranched alkanes of at least 4 members (excludes halogenated alkanes) is 1. The van der Waals surface area contributed by atoms with Crippen molar-refractivity contribution in [2.45, 2.75) is 32.7 Å². The highest BCUT2D eigenvalue weighted by molar-refractivity contribution is 6.32. The number of aromatic amines is 1. The molecule has 0 bridgehead atoms. The Morgan fingerprint density at radius 2 is 2.00 bits per heavy atom. The van der Waals surface area contributed by atoms with Crippen molar-refractivity contribution in [1.29, 1.82) is 0 Å². The highest BCUT2D eigenvalue weighted by atomic mass is 35.5. The molecule has 31 heavy (non-hydrogen) atoms. The minimum Gasteiger partial charge on any atom is -0.476 e. The molecular weight excluding hydrogens is 416 g/mol. The third kappa shape index (κ3) is 4.34. The molecule has 0 saturated carbocycles. The smallest absolute Gasteiger partial charge is 0.355 e. The van der Waals surface area contributed by atoms with E-state index in [2.05, 4.69) is 25.6 Å². The standard InChI is InChI=1S/C22H21ClN6O2/c1-2-3-8-18-24-20(23)19(22(30)31)29(18)13-14-9-11-15(12-10-14)16-6-4-5-7-17(16)21-25-27-28-26-21/h4-7,9-12H,2-3,8,13H2,1H3,(H,30,31)(H,25,26,27,28)/i4D,5D,6D,7D,13D2. The summed E-state index contributed by atoms with van der Waals surface area (Å²) in [7, 11) is 0. The van der Waals surface area contributed by atoms with Crippen molar-refractivity contribution in [1.82, 2.24) is 30.2 Å². The monoisotopic (exact) mass is 442 g/mol. The van der Waals surface area contributed by atoms with Crippen molar-refractivity contribution in [3.63, 3.8) is 0 Å². The molecule has 4 aromatic rings. The first-order valence-corrected chi connectivity index (χ1v) is 9.84. The number of aromatic nitrogens is 6. The first kappa shape index (κ1) is 14.5. The van der Waals surface area contributed by atoms with E-state index < -0.39 is 30.2 Å². The van der Waals surface area contributed by atoms with Gasteiger partial charge in [-0.25, -0.2) is 9.78 Å². The molecule has 0 saturated heterocycles. The van der Waals surface area contributed by atoms with E-state index in [9.17, 15) is 9.90 Å². The third-order valence-electron chi connectivity index (χ3n) is 4.53. The Morgan fingerprint density at radius 3 is 2.65 bits per heavy atom. The van der Waals surface area contributed by atoms with Crippen LogP contribution < -0.4 is 0 Å². The van der Waals surface area contributed by atoms with Gasteiger partial charge < -0.3 is 9.67 Å². The predicted octanol–water partition coefficient (Wildman–Crippen LogP) is 4.47. The lowest BCUT2D eigenvalue weighted by Crippen LogP contribution is -2.13. The molecule has 2 aromatic heterocycles. The lowest BCUT2D eigenvalue weighted by atomic mass is 9.98. The molecule has 2 N–H and O–H groups in total. The maximum absolute atomic E-state index is 11.9. The summed E-state index contributed by atoms with van der Waals surface area (Å²) in [6, 6.07) is 4.21. The summed E-state index contributed by atoms with van der Waals surface area (Å²) in [5, 5.41) is 22.9. The molecule has 0 aliphatic heterocycles. The van der Waals surface area contributed by atoms with Crippen molar-refractivity contribution < 1.29 is 18.1 Å². The van der Waals surface area contributed by atoms with Gasteiger partial charge in [0.2, 0.25) is 5.82 Å². The van der Waals surface area contributed by atoms with Crippen molar-refractivity contribution >= 4 is 17.6 Å². The Kier molecular flexibility index (Phi) is 4.25. The van der Waals surface area contributed by atoms with Gasteiger partial charge in [-0.3, -0.25) is 0 Å². The van der Waals surface area contributed by atoms with E-state index in [0.717, 1.165) is 11.0 Å². The average Bonchev–Trinajstić information content (AvgIpc) is 3.51. The minimum absolute atomic E-state index is 0.0267. The Bertz CT molecular complexity index is 1470. The number of nitrogens with zero attached hydrogens (tertiary/aromatic N) is 5. The molecule has 9 heteroatoms. The first-order valence-electron chi connectivity index (χ1n) is 12.5. The SMILES string of the molecule is [2H]c1c([2H])c([2H])c(-c2nn[nH]n2)c(-c2ccc(C([2H])([2H])n3c(CCCC)nc(Cl)c3C(=O)O)cc2)c1[2H]. The highest BCUT2D eigenvalue weighted by Gasteiger charge is 2.21. The lowest BCUT2D eigenvalue weighted by molar-refractivity contribution is 0.0685. The van der Waals surface area contributed by atoms with Crippen molar-refractivity contribution in [3.05, 3.63) is 70.7 Å². The summed E-state index contributed by atoms with van der Waals surface area (Å²) in [5.74, 6) is -1.23. The fourth-order valence-corrected chi connectivity index (χ4v) is 3.31. The summed E-state index contributed by atoms with van der Waals surface area (Å²) in [6.45, 7) is -0.399. The number of hydrogen-bond acceptors (Lipinski definition) is 5. The number of rotatable bonds is 8. The van der Waals surface area contributed by atoms with Crippen LogP contribution in [0.15, 0.2) is 48.4 Å². The van der Waals surface area contributed by atoms with Gasteiger partial charge >= 0.3 is 5.97 Å². The Hall–Kier alpha value is -3.52. The zero-order valence-electron chi connectivity index (χ0n) is 22.4. The largest absolute Gasteiger partial charge is 0.476 e. The number of aromatic carboxylic acids is 1. The average molecular weight is 443 g/mol. The second-order valence-electron chi connectivity index (χ2n) is 6.59. The van der Waals surface area contributed by atoms with Crippen LogP contribution in [0.4, 0.5) is 0 Å². The van der Waals surface area contributed by atoms with Crippen LogP contribution in [0.5, 0.6) is 0 Å². The van der Waals surface area contributed by atoms with Crippen LogP contribution in [0.3, 0.4) is 0 Å². The van der Waals surface area contributed by atoms with Crippen LogP contribution in [0.2, 0.25) is 5.15 Å². The number of benzene rings is 2. The van der Waals surface area contributed by atoms with Gasteiger partial charge in [0.1, 0.15) is 5.82 Å². The minimum atomic E-state index is -2.35. The van der Waals surface area contributed by atoms with E-state index in [0.29, 0.717) is 18.4 Å². The molecule has 4 rings (SSSR count). The number of nitrogens with one attached hydrogen (secondary N) is 1. The fraction of sp³-hybridized carbons (Fsp3) is 0.227. The van der Waals surface area contributed by atoms with Crippen LogP contribution in [0, 0.1) is 0 Å². The molecule has 0 atom stereocenters.